The summed E-state index contributed by atoms with van der Waals surface area (Å²) in [6.07, 6.45) is 0. The molecule has 0 saturated carbocycles. The number of thioether (sulfide) groups is 1. The first kappa shape index (κ1) is 17.1. The fraction of sp³-hybridized carbons (Fsp3) is 0.263. The van der Waals surface area contributed by atoms with E-state index in [2.05, 4.69) is 43.1 Å². The lowest BCUT2D eigenvalue weighted by molar-refractivity contribution is 0.466. The predicted octanol–water partition coefficient (Wildman–Crippen LogP) is 5.98. The Labute approximate surface area is 151 Å². The summed E-state index contributed by atoms with van der Waals surface area (Å²) in [6.45, 7) is 6.58. The average Bonchev–Trinajstić information content (AvgIpc) is 3.03. The maximum Gasteiger partial charge on any atom is 0.277 e. The van der Waals surface area contributed by atoms with Gasteiger partial charge in [-0.3, -0.25) is 0 Å². The molecule has 3 rings (SSSR count). The molecule has 0 amide bonds. The lowest BCUT2D eigenvalue weighted by Crippen LogP contribution is -2.10. The molecule has 1 heterocycles. The molecule has 3 nitrogen and oxygen atoms in total. The first-order valence-corrected chi connectivity index (χ1v) is 9.10. The van der Waals surface area contributed by atoms with Gasteiger partial charge in [-0.05, 0) is 40.8 Å². The van der Waals surface area contributed by atoms with Crippen molar-refractivity contribution in [2.45, 2.75) is 37.2 Å². The van der Waals surface area contributed by atoms with Gasteiger partial charge in [-0.2, -0.15) is 0 Å². The molecule has 0 atom stereocenters. The highest BCUT2D eigenvalue weighted by atomic mass is 35.5. The molecule has 124 valence electrons. The molecule has 1 aromatic heterocycles. The topological polar surface area (TPSA) is 38.9 Å². The number of nitrogens with zero attached hydrogens (tertiary/aromatic N) is 2. The Morgan fingerprint density at radius 1 is 0.958 bits per heavy atom. The predicted molar refractivity (Wildman–Crippen MR) is 99.4 cm³/mol. The first-order valence-electron chi connectivity index (χ1n) is 7.73. The molecule has 0 saturated heterocycles. The zero-order valence-corrected chi connectivity index (χ0v) is 15.5. The van der Waals surface area contributed by atoms with Crippen LogP contribution in [0.5, 0.6) is 0 Å². The molecule has 5 heteroatoms. The molecule has 24 heavy (non-hydrogen) atoms. The van der Waals surface area contributed by atoms with E-state index in [9.17, 15) is 0 Å². The highest BCUT2D eigenvalue weighted by molar-refractivity contribution is 7.98. The maximum absolute atomic E-state index is 5.89. The molecule has 0 aliphatic rings. The summed E-state index contributed by atoms with van der Waals surface area (Å²) in [5.74, 6) is 1.32. The Balaban J connectivity index is 1.68. The second-order valence-corrected chi connectivity index (χ2v) is 7.98. The Bertz CT molecular complexity index is 805. The maximum atomic E-state index is 5.89. The van der Waals surface area contributed by atoms with Crippen molar-refractivity contribution in [2.75, 3.05) is 0 Å². The van der Waals surface area contributed by atoms with Crippen molar-refractivity contribution >= 4 is 23.4 Å². The minimum Gasteiger partial charge on any atom is -0.411 e. The van der Waals surface area contributed by atoms with Crippen LogP contribution in [0.25, 0.3) is 11.5 Å². The van der Waals surface area contributed by atoms with E-state index in [1.165, 1.54) is 22.9 Å². The second kappa shape index (κ2) is 6.99. The Kier molecular flexibility index (Phi) is 4.97. The van der Waals surface area contributed by atoms with Crippen LogP contribution in [0.2, 0.25) is 5.02 Å². The molecule has 3 aromatic rings. The molecule has 0 spiro atoms. The molecule has 0 radical (unpaired) electrons. The van der Waals surface area contributed by atoms with Crippen molar-refractivity contribution in [2.24, 2.45) is 0 Å². The van der Waals surface area contributed by atoms with Crippen LogP contribution in [0.4, 0.5) is 0 Å². The first-order chi connectivity index (χ1) is 11.4. The van der Waals surface area contributed by atoms with Crippen LogP contribution in [-0.4, -0.2) is 10.2 Å². The molecule has 2 aromatic carbocycles. The van der Waals surface area contributed by atoms with Gasteiger partial charge in [0.1, 0.15) is 0 Å². The van der Waals surface area contributed by atoms with Gasteiger partial charge >= 0.3 is 0 Å². The van der Waals surface area contributed by atoms with Crippen LogP contribution < -0.4 is 0 Å². The van der Waals surface area contributed by atoms with Gasteiger partial charge in [0, 0.05) is 16.3 Å². The lowest BCUT2D eigenvalue weighted by Gasteiger charge is -2.18. The highest BCUT2D eigenvalue weighted by Gasteiger charge is 2.14. The Morgan fingerprint density at radius 3 is 2.25 bits per heavy atom. The van der Waals surface area contributed by atoms with Gasteiger partial charge in [0.2, 0.25) is 5.89 Å². The third-order valence-electron chi connectivity index (χ3n) is 3.68. The number of halogens is 1. The second-order valence-electron chi connectivity index (χ2n) is 6.62. The third-order valence-corrected chi connectivity index (χ3v) is 4.82. The molecule has 0 N–H and O–H groups in total. The number of rotatable bonds is 4. The molecule has 0 unspecified atom stereocenters. The summed E-state index contributed by atoms with van der Waals surface area (Å²) in [6, 6.07) is 16.0. The number of hydrogen-bond donors (Lipinski definition) is 0. The van der Waals surface area contributed by atoms with Crippen molar-refractivity contribution in [1.29, 1.82) is 0 Å². The van der Waals surface area contributed by atoms with E-state index in [0.717, 1.165) is 16.3 Å². The fourth-order valence-electron chi connectivity index (χ4n) is 2.22. The third kappa shape index (κ3) is 4.19. The summed E-state index contributed by atoms with van der Waals surface area (Å²) in [5.41, 5.74) is 3.52. The summed E-state index contributed by atoms with van der Waals surface area (Å²) >= 11 is 7.41. The van der Waals surface area contributed by atoms with Crippen LogP contribution in [0.1, 0.15) is 31.9 Å². The summed E-state index contributed by atoms with van der Waals surface area (Å²) < 4.78 is 5.76. The van der Waals surface area contributed by atoms with E-state index < -0.39 is 0 Å². The van der Waals surface area contributed by atoms with E-state index in [0.29, 0.717) is 11.1 Å². The van der Waals surface area contributed by atoms with Crippen LogP contribution >= 0.6 is 23.4 Å². The molecular weight excluding hydrogens is 340 g/mol. The van der Waals surface area contributed by atoms with Crippen LogP contribution in [-0.2, 0) is 11.2 Å². The molecular formula is C19H19ClN2OS. The molecule has 0 bridgehead atoms. The normalized spacial score (nSPS) is 11.7. The van der Waals surface area contributed by atoms with Gasteiger partial charge in [0.05, 0.1) is 0 Å². The summed E-state index contributed by atoms with van der Waals surface area (Å²) in [5, 5.41) is 9.57. The van der Waals surface area contributed by atoms with Gasteiger partial charge in [-0.1, -0.05) is 68.4 Å². The monoisotopic (exact) mass is 358 g/mol. The van der Waals surface area contributed by atoms with E-state index in [4.69, 9.17) is 16.0 Å². The van der Waals surface area contributed by atoms with Gasteiger partial charge in [-0.25, -0.2) is 0 Å². The van der Waals surface area contributed by atoms with Crippen LogP contribution in [0.3, 0.4) is 0 Å². The Morgan fingerprint density at radius 2 is 1.62 bits per heavy atom. The van der Waals surface area contributed by atoms with E-state index in [1.807, 2.05) is 36.4 Å². The van der Waals surface area contributed by atoms with Crippen molar-refractivity contribution in [3.05, 3.63) is 64.7 Å². The quantitative estimate of drug-likeness (QED) is 0.538. The zero-order valence-electron chi connectivity index (χ0n) is 13.9. The van der Waals surface area contributed by atoms with Gasteiger partial charge in [0.15, 0.2) is 0 Å². The lowest BCUT2D eigenvalue weighted by atomic mass is 9.87. The SMILES string of the molecule is CC(C)(C)c1ccc(-c2nnc(SCc3ccc(Cl)cc3)o2)cc1. The minimum atomic E-state index is 0.132. The van der Waals surface area contributed by atoms with Gasteiger partial charge in [0.25, 0.3) is 5.22 Å². The zero-order chi connectivity index (χ0) is 17.2. The van der Waals surface area contributed by atoms with Crippen LogP contribution in [0, 0.1) is 0 Å². The van der Waals surface area contributed by atoms with Crippen LogP contribution in [0.15, 0.2) is 58.2 Å². The van der Waals surface area contributed by atoms with E-state index in [1.54, 1.807) is 0 Å². The standard InChI is InChI=1S/C19H19ClN2OS/c1-19(2,3)15-8-6-14(7-9-15)17-21-22-18(23-17)24-12-13-4-10-16(20)11-5-13/h4-11H,12H2,1-3H3. The number of benzene rings is 2. The molecule has 0 aliphatic heterocycles. The van der Waals surface area contributed by atoms with Crippen molar-refractivity contribution in [3.63, 3.8) is 0 Å². The van der Waals surface area contributed by atoms with E-state index in [-0.39, 0.29) is 5.41 Å². The van der Waals surface area contributed by atoms with Crippen molar-refractivity contribution in [3.8, 4) is 11.5 Å². The average molecular weight is 359 g/mol. The van der Waals surface area contributed by atoms with Gasteiger partial charge < -0.3 is 4.42 Å². The fourth-order valence-corrected chi connectivity index (χ4v) is 3.07. The van der Waals surface area contributed by atoms with E-state index >= 15 is 0 Å². The molecule has 0 aliphatic carbocycles. The largest absolute Gasteiger partial charge is 0.411 e. The summed E-state index contributed by atoms with van der Waals surface area (Å²) in [7, 11) is 0. The molecule has 0 fully saturated rings. The summed E-state index contributed by atoms with van der Waals surface area (Å²) in [4.78, 5) is 0. The van der Waals surface area contributed by atoms with Crippen molar-refractivity contribution in [1.82, 2.24) is 10.2 Å². The van der Waals surface area contributed by atoms with Crippen molar-refractivity contribution < 1.29 is 4.42 Å². The van der Waals surface area contributed by atoms with Gasteiger partial charge in [-0.15, -0.1) is 10.2 Å². The number of hydrogen-bond acceptors (Lipinski definition) is 4. The Hall–Kier alpha value is -1.78. The number of aromatic nitrogens is 2. The smallest absolute Gasteiger partial charge is 0.277 e. The minimum absolute atomic E-state index is 0.132. The highest BCUT2D eigenvalue weighted by Crippen LogP contribution is 2.28.